The molecule has 0 aliphatic carbocycles. The number of aryl methyl sites for hydroxylation is 1. The summed E-state index contributed by atoms with van der Waals surface area (Å²) in [6, 6.07) is 5.76. The van der Waals surface area contributed by atoms with Crippen molar-refractivity contribution in [2.45, 2.75) is 19.6 Å². The van der Waals surface area contributed by atoms with Crippen LogP contribution in [-0.4, -0.2) is 42.7 Å². The summed E-state index contributed by atoms with van der Waals surface area (Å²) >= 11 is 0. The first kappa shape index (κ1) is 14.4. The summed E-state index contributed by atoms with van der Waals surface area (Å²) in [4.78, 5) is 8.58. The Morgan fingerprint density at radius 2 is 2.05 bits per heavy atom. The molecule has 3 aromatic heterocycles. The molecule has 1 unspecified atom stereocenters. The maximum atomic E-state index is 9.60. The molecule has 0 aliphatic heterocycles. The van der Waals surface area contributed by atoms with Crippen molar-refractivity contribution >= 4 is 16.9 Å². The van der Waals surface area contributed by atoms with E-state index in [4.69, 9.17) is 10.8 Å². The third-order valence-corrected chi connectivity index (χ3v) is 3.53. The van der Waals surface area contributed by atoms with Crippen molar-refractivity contribution in [2.24, 2.45) is 0 Å². The predicted octanol–water partition coefficient (Wildman–Crippen LogP) is 0.737. The molecule has 0 radical (unpaired) electrons. The highest BCUT2D eigenvalue weighted by atomic mass is 16.3. The average molecular weight is 299 g/mol. The van der Waals surface area contributed by atoms with Gasteiger partial charge in [-0.1, -0.05) is 0 Å². The van der Waals surface area contributed by atoms with Crippen LogP contribution >= 0.6 is 0 Å². The molecule has 1 atom stereocenters. The Hall–Kier alpha value is -2.51. The van der Waals surface area contributed by atoms with Gasteiger partial charge in [-0.15, -0.1) is 0 Å². The molecule has 0 aromatic carbocycles. The van der Waals surface area contributed by atoms with Gasteiger partial charge in [0.25, 0.3) is 0 Å². The molecule has 3 heterocycles. The highest BCUT2D eigenvalue weighted by Gasteiger charge is 2.15. The number of rotatable bonds is 4. The Morgan fingerprint density at radius 1 is 1.32 bits per heavy atom. The van der Waals surface area contributed by atoms with E-state index in [-0.39, 0.29) is 13.2 Å². The van der Waals surface area contributed by atoms with Crippen LogP contribution in [0.15, 0.2) is 30.6 Å². The Balaban J connectivity index is 2.13. The fourth-order valence-corrected chi connectivity index (χ4v) is 2.42. The normalized spacial score (nSPS) is 12.7. The number of fused-ring (bicyclic) bond motifs is 1. The molecular weight excluding hydrogens is 282 g/mol. The Labute approximate surface area is 127 Å². The fraction of sp³-hybridized carbons (Fsp3) is 0.267. The molecule has 7 nitrogen and oxygen atoms in total. The minimum Gasteiger partial charge on any atom is -0.394 e. The number of nitrogen functional groups attached to an aromatic ring is 1. The maximum absolute atomic E-state index is 9.60. The highest BCUT2D eigenvalue weighted by molar-refractivity contribution is 5.90. The zero-order valence-corrected chi connectivity index (χ0v) is 12.1. The van der Waals surface area contributed by atoms with Crippen molar-refractivity contribution in [1.29, 1.82) is 0 Å². The summed E-state index contributed by atoms with van der Waals surface area (Å²) in [5.41, 5.74) is 9.36. The minimum atomic E-state index is -0.899. The van der Waals surface area contributed by atoms with Gasteiger partial charge in [0.1, 0.15) is 0 Å². The van der Waals surface area contributed by atoms with Gasteiger partial charge in [0.2, 0.25) is 0 Å². The lowest BCUT2D eigenvalue weighted by Gasteiger charge is -2.09. The van der Waals surface area contributed by atoms with E-state index in [1.54, 1.807) is 12.4 Å². The molecule has 114 valence electrons. The molecule has 3 aromatic rings. The van der Waals surface area contributed by atoms with Crippen LogP contribution < -0.4 is 5.73 Å². The van der Waals surface area contributed by atoms with E-state index in [1.807, 2.05) is 25.1 Å². The predicted molar refractivity (Wildman–Crippen MR) is 83.0 cm³/mol. The molecule has 0 aliphatic rings. The molecule has 0 bridgehead atoms. The van der Waals surface area contributed by atoms with Crippen molar-refractivity contribution in [3.63, 3.8) is 0 Å². The SMILES string of the molecule is Cc1nc2c(cc1-c1ccncc1)c(N)nn2CC(O)CO. The summed E-state index contributed by atoms with van der Waals surface area (Å²) in [6.07, 6.45) is 2.55. The second kappa shape index (κ2) is 5.70. The second-order valence-corrected chi connectivity index (χ2v) is 5.13. The van der Waals surface area contributed by atoms with E-state index in [0.717, 1.165) is 22.2 Å². The van der Waals surface area contributed by atoms with Gasteiger partial charge < -0.3 is 15.9 Å². The van der Waals surface area contributed by atoms with Gasteiger partial charge in [-0.3, -0.25) is 4.98 Å². The van der Waals surface area contributed by atoms with Crippen LogP contribution in [0.4, 0.5) is 5.82 Å². The van der Waals surface area contributed by atoms with E-state index >= 15 is 0 Å². The van der Waals surface area contributed by atoms with Crippen LogP contribution in [0.5, 0.6) is 0 Å². The van der Waals surface area contributed by atoms with Gasteiger partial charge in [-0.05, 0) is 30.7 Å². The van der Waals surface area contributed by atoms with Gasteiger partial charge in [-0.25, -0.2) is 9.67 Å². The summed E-state index contributed by atoms with van der Waals surface area (Å²) in [5, 5.41) is 23.5. The van der Waals surface area contributed by atoms with Crippen LogP contribution in [-0.2, 0) is 6.54 Å². The molecule has 0 saturated carbocycles. The Bertz CT molecular complexity index is 801. The lowest BCUT2D eigenvalue weighted by atomic mass is 10.0. The quantitative estimate of drug-likeness (QED) is 0.655. The monoisotopic (exact) mass is 299 g/mol. The van der Waals surface area contributed by atoms with Crippen molar-refractivity contribution in [2.75, 3.05) is 12.3 Å². The van der Waals surface area contributed by atoms with Gasteiger partial charge >= 0.3 is 0 Å². The molecule has 4 N–H and O–H groups in total. The Kier molecular flexibility index (Phi) is 3.74. The van der Waals surface area contributed by atoms with Gasteiger partial charge in [0.05, 0.1) is 24.6 Å². The average Bonchev–Trinajstić information content (AvgIpc) is 2.82. The fourth-order valence-electron chi connectivity index (χ4n) is 2.42. The third-order valence-electron chi connectivity index (χ3n) is 3.53. The van der Waals surface area contributed by atoms with E-state index in [1.165, 1.54) is 4.68 Å². The smallest absolute Gasteiger partial charge is 0.160 e. The number of hydrogen-bond donors (Lipinski definition) is 3. The molecule has 7 heteroatoms. The highest BCUT2D eigenvalue weighted by Crippen LogP contribution is 2.28. The first-order valence-corrected chi connectivity index (χ1v) is 6.93. The molecule has 0 amide bonds. The van der Waals surface area contributed by atoms with E-state index in [2.05, 4.69) is 15.1 Å². The van der Waals surface area contributed by atoms with E-state index in [0.29, 0.717) is 11.5 Å². The Morgan fingerprint density at radius 3 is 2.73 bits per heavy atom. The zero-order chi connectivity index (χ0) is 15.7. The number of aromatic nitrogens is 4. The summed E-state index contributed by atoms with van der Waals surface area (Å²) in [7, 11) is 0. The molecule has 3 rings (SSSR count). The molecule has 22 heavy (non-hydrogen) atoms. The van der Waals surface area contributed by atoms with E-state index in [9.17, 15) is 5.11 Å². The number of aliphatic hydroxyl groups is 2. The standard InChI is InChI=1S/C15H17N5O2/c1-9-12(10-2-4-17-5-3-10)6-13-14(16)19-20(15(13)18-9)7-11(22)8-21/h2-6,11,21-22H,7-8H2,1H3,(H2,16,19). The van der Waals surface area contributed by atoms with Crippen LogP contribution in [0.3, 0.4) is 0 Å². The first-order valence-electron chi connectivity index (χ1n) is 6.93. The first-order chi connectivity index (χ1) is 10.6. The summed E-state index contributed by atoms with van der Waals surface area (Å²) in [6.45, 7) is 1.71. The lowest BCUT2D eigenvalue weighted by molar-refractivity contribution is 0.0793. The maximum Gasteiger partial charge on any atom is 0.160 e. The van der Waals surface area contributed by atoms with Crippen LogP contribution in [0.25, 0.3) is 22.2 Å². The molecular formula is C15H17N5O2. The van der Waals surface area contributed by atoms with Gasteiger partial charge in [0, 0.05) is 23.7 Å². The topological polar surface area (TPSA) is 110 Å². The summed E-state index contributed by atoms with van der Waals surface area (Å²) in [5.74, 6) is 0.350. The largest absolute Gasteiger partial charge is 0.394 e. The van der Waals surface area contributed by atoms with Crippen molar-refractivity contribution in [1.82, 2.24) is 19.7 Å². The number of nitrogens with two attached hydrogens (primary N) is 1. The molecule has 0 saturated heterocycles. The van der Waals surface area contributed by atoms with Crippen molar-refractivity contribution in [3.8, 4) is 11.1 Å². The molecule has 0 spiro atoms. The number of anilines is 1. The lowest BCUT2D eigenvalue weighted by Crippen LogP contribution is -2.20. The van der Waals surface area contributed by atoms with E-state index < -0.39 is 6.10 Å². The number of hydrogen-bond acceptors (Lipinski definition) is 6. The van der Waals surface area contributed by atoms with Crippen LogP contribution in [0, 0.1) is 6.92 Å². The van der Waals surface area contributed by atoms with Gasteiger partial charge in [0.15, 0.2) is 11.5 Å². The minimum absolute atomic E-state index is 0.144. The second-order valence-electron chi connectivity index (χ2n) is 5.13. The third kappa shape index (κ3) is 2.51. The van der Waals surface area contributed by atoms with Crippen molar-refractivity contribution < 1.29 is 10.2 Å². The van der Waals surface area contributed by atoms with Crippen LogP contribution in [0.2, 0.25) is 0 Å². The summed E-state index contributed by atoms with van der Waals surface area (Å²) < 4.78 is 1.52. The number of pyridine rings is 2. The van der Waals surface area contributed by atoms with Crippen molar-refractivity contribution in [3.05, 3.63) is 36.3 Å². The number of nitrogens with zero attached hydrogens (tertiary/aromatic N) is 4. The van der Waals surface area contributed by atoms with Crippen LogP contribution in [0.1, 0.15) is 5.69 Å². The number of aliphatic hydroxyl groups excluding tert-OH is 2. The zero-order valence-electron chi connectivity index (χ0n) is 12.1. The van der Waals surface area contributed by atoms with Gasteiger partial charge in [-0.2, -0.15) is 5.10 Å². The molecule has 0 fully saturated rings.